The Morgan fingerprint density at radius 3 is 2.86 bits per heavy atom. The minimum atomic E-state index is -2.93. The van der Waals surface area contributed by atoms with E-state index in [0.29, 0.717) is 24.7 Å². The van der Waals surface area contributed by atoms with E-state index in [9.17, 15) is 8.42 Å². The summed E-state index contributed by atoms with van der Waals surface area (Å²) in [6.45, 7) is 5.60. The van der Waals surface area contributed by atoms with Gasteiger partial charge in [-0.05, 0) is 24.6 Å². The Kier molecular flexibility index (Phi) is 5.66. The Hall–Kier alpha value is -0.620. The van der Waals surface area contributed by atoms with Crippen LogP contribution in [0.2, 0.25) is 5.02 Å². The maximum Gasteiger partial charge on any atom is 0.151 e. The predicted octanol–water partition coefficient (Wildman–Crippen LogP) is 2.54. The Morgan fingerprint density at radius 1 is 1.43 bits per heavy atom. The molecule has 118 valence electrons. The van der Waals surface area contributed by atoms with Gasteiger partial charge in [-0.2, -0.15) is 0 Å². The first-order valence-electron chi connectivity index (χ1n) is 7.23. The number of halogens is 1. The van der Waals surface area contributed by atoms with Crippen LogP contribution < -0.4 is 0 Å². The van der Waals surface area contributed by atoms with Crippen molar-refractivity contribution < 1.29 is 13.2 Å². The van der Waals surface area contributed by atoms with Gasteiger partial charge in [-0.1, -0.05) is 30.7 Å². The van der Waals surface area contributed by atoms with Crippen molar-refractivity contribution in [3.8, 4) is 0 Å². The maximum atomic E-state index is 11.7. The molecule has 6 heteroatoms. The predicted molar refractivity (Wildman–Crippen MR) is 85.5 cm³/mol. The van der Waals surface area contributed by atoms with Gasteiger partial charge in [-0.25, -0.2) is 8.42 Å². The highest BCUT2D eigenvalue weighted by atomic mass is 35.5. The molecule has 1 aromatic rings. The van der Waals surface area contributed by atoms with Crippen LogP contribution >= 0.6 is 11.6 Å². The van der Waals surface area contributed by atoms with Crippen LogP contribution in [-0.2, 0) is 14.6 Å². The number of rotatable bonds is 5. The van der Waals surface area contributed by atoms with Crippen molar-refractivity contribution in [2.75, 3.05) is 31.2 Å². The van der Waals surface area contributed by atoms with Gasteiger partial charge in [0.25, 0.3) is 0 Å². The molecular formula is C15H22ClNO3S. The molecule has 2 atom stereocenters. The van der Waals surface area contributed by atoms with Crippen LogP contribution in [0.5, 0.6) is 0 Å². The molecule has 0 aliphatic carbocycles. The second-order valence-electron chi connectivity index (χ2n) is 5.46. The molecule has 0 saturated carbocycles. The lowest BCUT2D eigenvalue weighted by atomic mass is 10.1. The highest BCUT2D eigenvalue weighted by Gasteiger charge is 2.27. The first-order chi connectivity index (χ1) is 9.91. The molecule has 0 aromatic heterocycles. The fourth-order valence-corrected chi connectivity index (χ4v) is 3.43. The fraction of sp³-hybridized carbons (Fsp3) is 0.600. The lowest BCUT2D eigenvalue weighted by Gasteiger charge is -2.38. The summed E-state index contributed by atoms with van der Waals surface area (Å²) < 4.78 is 29.2. The number of hydrogen-bond donors (Lipinski definition) is 0. The third kappa shape index (κ3) is 4.68. The van der Waals surface area contributed by atoms with Gasteiger partial charge in [0.1, 0.15) is 0 Å². The Balaban J connectivity index is 2.02. The zero-order valence-electron chi connectivity index (χ0n) is 12.5. The zero-order chi connectivity index (χ0) is 15.5. The SMILES string of the molecule is CCS(=O)(=O)CCN1C[C@H](c2cccc(Cl)c2)OC[C@H]1C. The zero-order valence-corrected chi connectivity index (χ0v) is 14.0. The second-order valence-corrected chi connectivity index (χ2v) is 8.37. The lowest BCUT2D eigenvalue weighted by Crippen LogP contribution is -2.46. The number of ether oxygens (including phenoxy) is 1. The first kappa shape index (κ1) is 16.7. The van der Waals surface area contributed by atoms with Crippen molar-refractivity contribution in [3.05, 3.63) is 34.9 Å². The van der Waals surface area contributed by atoms with Crippen molar-refractivity contribution >= 4 is 21.4 Å². The van der Waals surface area contributed by atoms with E-state index in [0.717, 1.165) is 5.56 Å². The topological polar surface area (TPSA) is 46.6 Å². The van der Waals surface area contributed by atoms with Crippen molar-refractivity contribution in [1.82, 2.24) is 4.90 Å². The van der Waals surface area contributed by atoms with Crippen molar-refractivity contribution in [3.63, 3.8) is 0 Å². The Bertz CT molecular complexity index is 576. The molecule has 0 N–H and O–H groups in total. The van der Waals surface area contributed by atoms with E-state index in [1.807, 2.05) is 24.3 Å². The van der Waals surface area contributed by atoms with Gasteiger partial charge in [0.05, 0.1) is 18.5 Å². The van der Waals surface area contributed by atoms with Crippen LogP contribution in [0.1, 0.15) is 25.5 Å². The monoisotopic (exact) mass is 331 g/mol. The summed E-state index contributed by atoms with van der Waals surface area (Å²) in [5, 5.41) is 0.690. The molecule has 1 aliphatic heterocycles. The standard InChI is InChI=1S/C15H22ClNO3S/c1-3-21(18,19)8-7-17-10-15(20-11-12(17)2)13-5-4-6-14(16)9-13/h4-6,9,12,15H,3,7-8,10-11H2,1-2H3/t12-,15-/m1/s1. The van der Waals surface area contributed by atoms with Gasteiger partial charge in [0.15, 0.2) is 9.84 Å². The minimum absolute atomic E-state index is 0.0516. The summed E-state index contributed by atoms with van der Waals surface area (Å²) in [7, 11) is -2.93. The molecule has 0 bridgehead atoms. The van der Waals surface area contributed by atoms with E-state index in [1.165, 1.54) is 0 Å². The molecule has 0 unspecified atom stereocenters. The number of sulfone groups is 1. The molecule has 0 amide bonds. The first-order valence-corrected chi connectivity index (χ1v) is 9.43. The summed E-state index contributed by atoms with van der Waals surface area (Å²) in [6.07, 6.45) is -0.0516. The van der Waals surface area contributed by atoms with Crippen LogP contribution in [0.25, 0.3) is 0 Å². The average molecular weight is 332 g/mol. The summed E-state index contributed by atoms with van der Waals surface area (Å²) in [4.78, 5) is 2.18. The quantitative estimate of drug-likeness (QED) is 0.832. The molecule has 1 heterocycles. The summed E-state index contributed by atoms with van der Waals surface area (Å²) >= 11 is 6.02. The van der Waals surface area contributed by atoms with E-state index in [1.54, 1.807) is 6.92 Å². The van der Waals surface area contributed by atoms with Gasteiger partial charge in [0, 0.05) is 29.9 Å². The molecule has 1 aromatic carbocycles. The highest BCUT2D eigenvalue weighted by molar-refractivity contribution is 7.91. The fourth-order valence-electron chi connectivity index (χ4n) is 2.43. The van der Waals surface area contributed by atoms with Crippen molar-refractivity contribution in [1.29, 1.82) is 0 Å². The lowest BCUT2D eigenvalue weighted by molar-refractivity contribution is -0.0577. The van der Waals surface area contributed by atoms with Crippen LogP contribution in [0.3, 0.4) is 0 Å². The van der Waals surface area contributed by atoms with E-state index in [2.05, 4.69) is 11.8 Å². The maximum absolute atomic E-state index is 11.7. The smallest absolute Gasteiger partial charge is 0.151 e. The number of benzene rings is 1. The van der Waals surface area contributed by atoms with Crippen molar-refractivity contribution in [2.45, 2.75) is 26.0 Å². The molecular weight excluding hydrogens is 310 g/mol. The van der Waals surface area contributed by atoms with Gasteiger partial charge in [-0.15, -0.1) is 0 Å². The molecule has 4 nitrogen and oxygen atoms in total. The number of hydrogen-bond acceptors (Lipinski definition) is 4. The number of nitrogens with zero attached hydrogens (tertiary/aromatic N) is 1. The molecule has 1 aliphatic rings. The minimum Gasteiger partial charge on any atom is -0.371 e. The summed E-state index contributed by atoms with van der Waals surface area (Å²) in [6, 6.07) is 7.87. The van der Waals surface area contributed by atoms with Crippen molar-refractivity contribution in [2.24, 2.45) is 0 Å². The summed E-state index contributed by atoms with van der Waals surface area (Å²) in [5.41, 5.74) is 1.04. The van der Waals surface area contributed by atoms with Gasteiger partial charge in [0.2, 0.25) is 0 Å². The van der Waals surface area contributed by atoms with Gasteiger partial charge >= 0.3 is 0 Å². The van der Waals surface area contributed by atoms with Crippen LogP contribution in [-0.4, -0.2) is 50.6 Å². The molecule has 0 spiro atoms. The Morgan fingerprint density at radius 2 is 2.19 bits per heavy atom. The molecule has 21 heavy (non-hydrogen) atoms. The average Bonchev–Trinajstić information content (AvgIpc) is 2.46. The largest absolute Gasteiger partial charge is 0.371 e. The Labute approximate surface area is 132 Å². The second kappa shape index (κ2) is 7.09. The third-order valence-corrected chi connectivity index (χ3v) is 5.83. The van der Waals surface area contributed by atoms with Crippen LogP contribution in [0.15, 0.2) is 24.3 Å². The third-order valence-electron chi connectivity index (χ3n) is 3.91. The molecule has 2 rings (SSSR count). The van der Waals surface area contributed by atoms with E-state index < -0.39 is 9.84 Å². The molecule has 1 fully saturated rings. The molecule has 0 radical (unpaired) electrons. The highest BCUT2D eigenvalue weighted by Crippen LogP contribution is 2.26. The van der Waals surface area contributed by atoms with Crippen LogP contribution in [0, 0.1) is 0 Å². The summed E-state index contributed by atoms with van der Waals surface area (Å²) in [5.74, 6) is 0.402. The molecule has 1 saturated heterocycles. The number of morpholine rings is 1. The van der Waals surface area contributed by atoms with E-state index in [-0.39, 0.29) is 23.7 Å². The van der Waals surface area contributed by atoms with Crippen LogP contribution in [0.4, 0.5) is 0 Å². The van der Waals surface area contributed by atoms with E-state index in [4.69, 9.17) is 16.3 Å². The van der Waals surface area contributed by atoms with Gasteiger partial charge < -0.3 is 4.74 Å². The van der Waals surface area contributed by atoms with E-state index >= 15 is 0 Å². The normalized spacial score (nSPS) is 24.1. The van der Waals surface area contributed by atoms with Gasteiger partial charge in [-0.3, -0.25) is 4.90 Å².